The van der Waals surface area contributed by atoms with Gasteiger partial charge in [0.25, 0.3) is 0 Å². The molecular weight excluding hydrogens is 258 g/mol. The van der Waals surface area contributed by atoms with E-state index in [-0.39, 0.29) is 17.9 Å². The molecule has 0 aliphatic heterocycles. The van der Waals surface area contributed by atoms with Crippen LogP contribution in [0, 0.1) is 12.8 Å². The highest BCUT2D eigenvalue weighted by molar-refractivity contribution is 7.12. The van der Waals surface area contributed by atoms with Crippen LogP contribution in [0.15, 0.2) is 24.3 Å². The number of hydrogen-bond acceptors (Lipinski definition) is 3. The van der Waals surface area contributed by atoms with Gasteiger partial charge in [-0.3, -0.25) is 4.79 Å². The lowest BCUT2D eigenvalue weighted by Crippen LogP contribution is -2.34. The molecule has 0 bridgehead atoms. The Morgan fingerprint density at radius 2 is 2.37 bits per heavy atom. The molecule has 104 valence electrons. The molecule has 1 amide bonds. The van der Waals surface area contributed by atoms with Gasteiger partial charge in [-0.1, -0.05) is 12.2 Å². The minimum absolute atomic E-state index is 0.0400. The van der Waals surface area contributed by atoms with Crippen molar-refractivity contribution in [3.8, 4) is 0 Å². The maximum absolute atomic E-state index is 12.1. The molecule has 0 saturated heterocycles. The molecule has 0 aromatic carbocycles. The fourth-order valence-corrected chi connectivity index (χ4v) is 3.25. The molecule has 1 aliphatic rings. The number of allylic oxidation sites excluding steroid dienone is 2. The van der Waals surface area contributed by atoms with Crippen LogP contribution in [0.4, 0.5) is 0 Å². The molecule has 0 spiro atoms. The van der Waals surface area contributed by atoms with E-state index in [1.807, 2.05) is 0 Å². The molecule has 1 aromatic heterocycles. The molecule has 0 fully saturated rings. The number of carbonyl (C=O) groups is 1. The fourth-order valence-electron chi connectivity index (χ4n) is 2.30. The third kappa shape index (κ3) is 3.91. The van der Waals surface area contributed by atoms with Crippen LogP contribution in [0.2, 0.25) is 0 Å². The Kier molecular flexibility index (Phi) is 5.16. The van der Waals surface area contributed by atoms with Crippen LogP contribution in [0.3, 0.4) is 0 Å². The minimum atomic E-state index is -0.0400. The number of methoxy groups -OCH3 is 1. The third-order valence-electron chi connectivity index (χ3n) is 3.46. The molecule has 1 heterocycles. The molecule has 19 heavy (non-hydrogen) atoms. The first kappa shape index (κ1) is 14.3. The van der Waals surface area contributed by atoms with Gasteiger partial charge in [-0.2, -0.15) is 0 Å². The number of rotatable bonds is 5. The van der Waals surface area contributed by atoms with Gasteiger partial charge in [0, 0.05) is 29.3 Å². The van der Waals surface area contributed by atoms with Crippen molar-refractivity contribution in [3.05, 3.63) is 34.0 Å². The number of nitrogens with one attached hydrogen (secondary N) is 1. The van der Waals surface area contributed by atoms with Crippen molar-refractivity contribution >= 4 is 17.2 Å². The highest BCUT2D eigenvalue weighted by Crippen LogP contribution is 2.25. The summed E-state index contributed by atoms with van der Waals surface area (Å²) in [7, 11) is 1.69. The fraction of sp³-hybridized carbons (Fsp3) is 0.533. The summed E-state index contributed by atoms with van der Waals surface area (Å²) in [5.74, 6) is 0.284. The molecule has 2 rings (SSSR count). The van der Waals surface area contributed by atoms with E-state index in [4.69, 9.17) is 4.74 Å². The second-order valence-corrected chi connectivity index (χ2v) is 6.22. The Hall–Kier alpha value is -1.13. The molecule has 1 aromatic rings. The van der Waals surface area contributed by atoms with E-state index in [0.717, 1.165) is 19.3 Å². The number of carbonyl (C=O) groups excluding carboxylic acids is 1. The Bertz CT molecular complexity index is 453. The zero-order valence-electron chi connectivity index (χ0n) is 11.5. The Balaban J connectivity index is 1.86. The maximum atomic E-state index is 12.1. The van der Waals surface area contributed by atoms with E-state index in [1.165, 1.54) is 9.75 Å². The molecular formula is C15H21NO2S. The largest absolute Gasteiger partial charge is 0.374 e. The highest BCUT2D eigenvalue weighted by atomic mass is 32.1. The summed E-state index contributed by atoms with van der Waals surface area (Å²) in [5, 5.41) is 3.02. The normalized spacial score (nSPS) is 20.2. The maximum Gasteiger partial charge on any atom is 0.223 e. The number of amides is 1. The zero-order valence-corrected chi connectivity index (χ0v) is 12.3. The van der Waals surface area contributed by atoms with E-state index in [9.17, 15) is 4.79 Å². The topological polar surface area (TPSA) is 38.3 Å². The van der Waals surface area contributed by atoms with Crippen LogP contribution in [0.5, 0.6) is 0 Å². The van der Waals surface area contributed by atoms with Crippen LogP contribution in [-0.2, 0) is 9.53 Å². The number of hydrogen-bond donors (Lipinski definition) is 1. The van der Waals surface area contributed by atoms with Crippen molar-refractivity contribution in [1.29, 1.82) is 0 Å². The molecule has 2 atom stereocenters. The summed E-state index contributed by atoms with van der Waals surface area (Å²) in [4.78, 5) is 14.5. The summed E-state index contributed by atoms with van der Waals surface area (Å²) in [6, 6.07) is 4.16. The van der Waals surface area contributed by atoms with Crippen LogP contribution in [-0.4, -0.2) is 19.6 Å². The van der Waals surface area contributed by atoms with Gasteiger partial charge in [0.15, 0.2) is 0 Å². The van der Waals surface area contributed by atoms with Gasteiger partial charge in [-0.05, 0) is 38.3 Å². The lowest BCUT2D eigenvalue weighted by atomic mass is 9.93. The van der Waals surface area contributed by atoms with Crippen molar-refractivity contribution in [2.45, 2.75) is 32.3 Å². The average Bonchev–Trinajstić information content (AvgIpc) is 2.87. The summed E-state index contributed by atoms with van der Waals surface area (Å²) < 4.78 is 5.47. The van der Waals surface area contributed by atoms with Gasteiger partial charge >= 0.3 is 0 Å². The molecule has 0 saturated carbocycles. The Labute approximate surface area is 118 Å². The van der Waals surface area contributed by atoms with Gasteiger partial charge < -0.3 is 10.1 Å². The van der Waals surface area contributed by atoms with Crippen molar-refractivity contribution in [2.24, 2.45) is 5.92 Å². The van der Waals surface area contributed by atoms with Crippen molar-refractivity contribution in [2.75, 3.05) is 13.7 Å². The first-order valence-electron chi connectivity index (χ1n) is 6.72. The van der Waals surface area contributed by atoms with Gasteiger partial charge in [0.05, 0.1) is 0 Å². The van der Waals surface area contributed by atoms with Crippen molar-refractivity contribution in [3.63, 3.8) is 0 Å². The van der Waals surface area contributed by atoms with E-state index in [1.54, 1.807) is 18.4 Å². The quantitative estimate of drug-likeness (QED) is 0.840. The van der Waals surface area contributed by atoms with Gasteiger partial charge in [0.2, 0.25) is 5.91 Å². The number of aryl methyl sites for hydroxylation is 1. The second-order valence-electron chi connectivity index (χ2n) is 4.90. The Morgan fingerprint density at radius 3 is 2.95 bits per heavy atom. The predicted octanol–water partition coefficient (Wildman–Crippen LogP) is 3.22. The first-order valence-corrected chi connectivity index (χ1v) is 7.54. The van der Waals surface area contributed by atoms with E-state index >= 15 is 0 Å². The average molecular weight is 279 g/mol. The predicted molar refractivity (Wildman–Crippen MR) is 78.3 cm³/mol. The lowest BCUT2D eigenvalue weighted by Gasteiger charge is -2.20. The number of thiophene rings is 1. The molecule has 3 nitrogen and oxygen atoms in total. The summed E-state index contributed by atoms with van der Waals surface area (Å²) >= 11 is 1.72. The summed E-state index contributed by atoms with van der Waals surface area (Å²) in [6.07, 6.45) is 7.04. The van der Waals surface area contributed by atoms with E-state index in [0.29, 0.717) is 6.54 Å². The lowest BCUT2D eigenvalue weighted by molar-refractivity contribution is -0.125. The van der Waals surface area contributed by atoms with Gasteiger partial charge in [-0.15, -0.1) is 11.3 Å². The van der Waals surface area contributed by atoms with E-state index < -0.39 is 0 Å². The number of ether oxygens (including phenoxy) is 1. The second kappa shape index (κ2) is 6.87. The van der Waals surface area contributed by atoms with Crippen molar-refractivity contribution < 1.29 is 9.53 Å². The van der Waals surface area contributed by atoms with Gasteiger partial charge in [-0.25, -0.2) is 0 Å². The van der Waals surface area contributed by atoms with Crippen LogP contribution in [0.25, 0.3) is 0 Å². The molecule has 0 radical (unpaired) electrons. The molecule has 1 N–H and O–H groups in total. The third-order valence-corrected chi connectivity index (χ3v) is 4.56. The summed E-state index contributed by atoms with van der Waals surface area (Å²) in [6.45, 7) is 2.63. The van der Waals surface area contributed by atoms with Crippen molar-refractivity contribution in [1.82, 2.24) is 5.32 Å². The SMILES string of the molecule is CO[C@@H](CNC(=O)[C@H]1CC=CCC1)c1ccc(C)s1. The van der Waals surface area contributed by atoms with Crippen LogP contribution < -0.4 is 5.32 Å². The monoisotopic (exact) mass is 279 g/mol. The van der Waals surface area contributed by atoms with E-state index in [2.05, 4.69) is 36.5 Å². The standard InChI is InChI=1S/C15H21NO2S/c1-11-8-9-14(19-11)13(18-2)10-16-15(17)12-6-4-3-5-7-12/h3-4,8-9,12-13H,5-7,10H2,1-2H3,(H,16,17)/t12-,13-/m0/s1. The summed E-state index contributed by atoms with van der Waals surface area (Å²) in [5.41, 5.74) is 0. The molecule has 1 aliphatic carbocycles. The van der Waals surface area contributed by atoms with Crippen LogP contribution in [0.1, 0.15) is 35.1 Å². The van der Waals surface area contributed by atoms with Gasteiger partial charge in [0.1, 0.15) is 6.10 Å². The minimum Gasteiger partial charge on any atom is -0.374 e. The smallest absolute Gasteiger partial charge is 0.223 e. The first-order chi connectivity index (χ1) is 9.20. The van der Waals surface area contributed by atoms with Crippen LogP contribution >= 0.6 is 11.3 Å². The molecule has 4 heteroatoms. The Morgan fingerprint density at radius 1 is 1.53 bits per heavy atom. The zero-order chi connectivity index (χ0) is 13.7. The highest BCUT2D eigenvalue weighted by Gasteiger charge is 2.20. The molecule has 0 unspecified atom stereocenters.